The van der Waals surface area contributed by atoms with Crippen molar-refractivity contribution in [1.29, 1.82) is 0 Å². The highest BCUT2D eigenvalue weighted by Gasteiger charge is 2.19. The first-order valence-electron chi connectivity index (χ1n) is 7.93. The van der Waals surface area contributed by atoms with Crippen molar-refractivity contribution in [2.24, 2.45) is 0 Å². The van der Waals surface area contributed by atoms with E-state index in [4.69, 9.17) is 4.84 Å². The smallest absolute Gasteiger partial charge is 0.265 e. The lowest BCUT2D eigenvalue weighted by molar-refractivity contribution is -0.882. The third-order valence-electron chi connectivity index (χ3n) is 4.12. The van der Waals surface area contributed by atoms with E-state index in [0.29, 0.717) is 6.61 Å². The van der Waals surface area contributed by atoms with Gasteiger partial charge in [0, 0.05) is 16.9 Å². The molecule has 0 spiro atoms. The van der Waals surface area contributed by atoms with E-state index in [2.05, 4.69) is 66.7 Å². The zero-order chi connectivity index (χ0) is 15.6. The van der Waals surface area contributed by atoms with Gasteiger partial charge < -0.3 is 0 Å². The molecule has 2 nitrogen and oxygen atoms in total. The summed E-state index contributed by atoms with van der Waals surface area (Å²) in [5, 5.41) is 4.97. The zero-order valence-electron chi connectivity index (χ0n) is 13.1. The highest BCUT2D eigenvalue weighted by atomic mass is 16.7. The first-order chi connectivity index (χ1) is 11.4. The molecule has 0 unspecified atom stereocenters. The molecule has 3 aromatic carbocycles. The highest BCUT2D eigenvalue weighted by Crippen LogP contribution is 2.34. The Morgan fingerprint density at radius 1 is 0.783 bits per heavy atom. The fraction of sp³-hybridized carbons (Fsp3) is 0.0952. The Morgan fingerprint density at radius 3 is 2.04 bits per heavy atom. The molecule has 0 saturated carbocycles. The Bertz CT molecular complexity index is 937. The van der Waals surface area contributed by atoms with E-state index >= 15 is 0 Å². The van der Waals surface area contributed by atoms with E-state index in [1.165, 1.54) is 27.1 Å². The van der Waals surface area contributed by atoms with E-state index in [1.807, 2.05) is 23.9 Å². The summed E-state index contributed by atoms with van der Waals surface area (Å²) >= 11 is 0. The molecule has 0 aliphatic rings. The molecular weight excluding hydrogens is 282 g/mol. The molecule has 0 radical (unpaired) electrons. The summed E-state index contributed by atoms with van der Waals surface area (Å²) in [6.07, 6.45) is 1.97. The molecule has 0 aliphatic carbocycles. The number of hydrogen-bond donors (Lipinski definition) is 0. The van der Waals surface area contributed by atoms with Crippen LogP contribution in [0.4, 0.5) is 0 Å². The summed E-state index contributed by atoms with van der Waals surface area (Å²) in [5.74, 6) is 0. The van der Waals surface area contributed by atoms with Crippen molar-refractivity contribution in [2.45, 2.75) is 6.92 Å². The monoisotopic (exact) mass is 300 g/mol. The Labute approximate surface area is 135 Å². The van der Waals surface area contributed by atoms with Gasteiger partial charge in [0.05, 0.1) is 5.56 Å². The van der Waals surface area contributed by atoms with Gasteiger partial charge >= 0.3 is 0 Å². The largest absolute Gasteiger partial charge is 0.271 e. The summed E-state index contributed by atoms with van der Waals surface area (Å²) in [6.45, 7) is 2.63. The molecule has 1 aromatic heterocycles. The summed E-state index contributed by atoms with van der Waals surface area (Å²) in [5.41, 5.74) is 2.29. The average Bonchev–Trinajstić information content (AvgIpc) is 2.61. The van der Waals surface area contributed by atoms with Crippen LogP contribution < -0.4 is 9.57 Å². The lowest BCUT2D eigenvalue weighted by atomic mass is 9.94. The lowest BCUT2D eigenvalue weighted by Crippen LogP contribution is -2.44. The molecule has 0 bridgehead atoms. The number of nitrogens with zero attached hydrogens (tertiary/aromatic N) is 1. The molecule has 4 aromatic rings. The van der Waals surface area contributed by atoms with Crippen molar-refractivity contribution in [1.82, 2.24) is 0 Å². The lowest BCUT2D eigenvalue weighted by Gasteiger charge is -2.10. The van der Waals surface area contributed by atoms with Crippen LogP contribution in [0.5, 0.6) is 0 Å². The Kier molecular flexibility index (Phi) is 3.43. The van der Waals surface area contributed by atoms with Crippen molar-refractivity contribution < 1.29 is 9.57 Å². The minimum Gasteiger partial charge on any atom is -0.271 e. The predicted octanol–water partition coefficient (Wildman–Crippen LogP) is 4.40. The Hall–Kier alpha value is -2.87. The van der Waals surface area contributed by atoms with Crippen LogP contribution in [0.25, 0.3) is 32.8 Å². The van der Waals surface area contributed by atoms with Crippen LogP contribution in [0, 0.1) is 0 Å². The van der Waals surface area contributed by atoms with Gasteiger partial charge in [-0.2, -0.15) is 0 Å². The third-order valence-corrected chi connectivity index (χ3v) is 4.12. The molecule has 4 rings (SSSR count). The van der Waals surface area contributed by atoms with Crippen LogP contribution in [0.2, 0.25) is 0 Å². The molecule has 23 heavy (non-hydrogen) atoms. The van der Waals surface area contributed by atoms with Gasteiger partial charge in [0.1, 0.15) is 0 Å². The van der Waals surface area contributed by atoms with E-state index in [-0.39, 0.29) is 0 Å². The molecule has 112 valence electrons. The molecular formula is C21H18NO+. The molecule has 0 amide bonds. The van der Waals surface area contributed by atoms with Gasteiger partial charge in [-0.15, -0.1) is 0 Å². The van der Waals surface area contributed by atoms with Gasteiger partial charge in [0.15, 0.2) is 6.61 Å². The van der Waals surface area contributed by atoms with Crippen molar-refractivity contribution >= 4 is 21.5 Å². The van der Waals surface area contributed by atoms with Crippen LogP contribution in [0.1, 0.15) is 6.92 Å². The molecule has 0 atom stereocenters. The number of rotatable bonds is 3. The minimum absolute atomic E-state index is 0.629. The van der Waals surface area contributed by atoms with Crippen molar-refractivity contribution in [3.63, 3.8) is 0 Å². The summed E-state index contributed by atoms with van der Waals surface area (Å²) in [6, 6.07) is 25.5. The molecule has 0 N–H and O–H groups in total. The van der Waals surface area contributed by atoms with Gasteiger partial charge in [-0.05, 0) is 40.6 Å². The molecule has 0 aliphatic heterocycles. The van der Waals surface area contributed by atoms with Crippen LogP contribution in [-0.4, -0.2) is 6.61 Å². The maximum Gasteiger partial charge on any atom is 0.265 e. The van der Waals surface area contributed by atoms with Crippen LogP contribution in [0.15, 0.2) is 79.0 Å². The first-order valence-corrected chi connectivity index (χ1v) is 7.93. The number of fused-ring (bicyclic) bond motifs is 2. The standard InChI is InChI=1S/C21H18NO/c1-2-23-22-14-8-7-13-20(22)21-18-11-5-3-9-16(18)15-17-10-4-6-12-19(17)21/h3-15H,2H2,1H3/q+1. The SMILES string of the molecule is CCO[n+]1ccccc1-c1c2ccccc2cc2ccccc12. The highest BCUT2D eigenvalue weighted by molar-refractivity contribution is 6.11. The van der Waals surface area contributed by atoms with E-state index < -0.39 is 0 Å². The van der Waals surface area contributed by atoms with Crippen molar-refractivity contribution in [2.75, 3.05) is 6.61 Å². The fourth-order valence-electron chi connectivity index (χ4n) is 3.16. The number of aromatic nitrogens is 1. The van der Waals surface area contributed by atoms with Crippen LogP contribution >= 0.6 is 0 Å². The van der Waals surface area contributed by atoms with E-state index in [9.17, 15) is 0 Å². The number of pyridine rings is 1. The zero-order valence-corrected chi connectivity index (χ0v) is 13.1. The van der Waals surface area contributed by atoms with Crippen LogP contribution in [-0.2, 0) is 0 Å². The summed E-state index contributed by atoms with van der Waals surface area (Å²) < 4.78 is 1.87. The van der Waals surface area contributed by atoms with Gasteiger partial charge in [0.25, 0.3) is 5.69 Å². The topological polar surface area (TPSA) is 13.1 Å². The maximum absolute atomic E-state index is 5.81. The number of benzene rings is 3. The molecule has 1 heterocycles. The van der Waals surface area contributed by atoms with Gasteiger partial charge in [-0.1, -0.05) is 48.5 Å². The summed E-state index contributed by atoms with van der Waals surface area (Å²) in [4.78, 5) is 5.81. The molecule has 2 heteroatoms. The quantitative estimate of drug-likeness (QED) is 0.404. The van der Waals surface area contributed by atoms with Crippen LogP contribution in [0.3, 0.4) is 0 Å². The normalized spacial score (nSPS) is 11.0. The van der Waals surface area contributed by atoms with E-state index in [1.54, 1.807) is 0 Å². The minimum atomic E-state index is 0.629. The van der Waals surface area contributed by atoms with E-state index in [0.717, 1.165) is 5.69 Å². The number of hydrogen-bond acceptors (Lipinski definition) is 1. The first kappa shape index (κ1) is 13.8. The second kappa shape index (κ2) is 5.73. The Morgan fingerprint density at radius 2 is 1.39 bits per heavy atom. The van der Waals surface area contributed by atoms with Gasteiger partial charge in [-0.3, -0.25) is 4.84 Å². The summed E-state index contributed by atoms with van der Waals surface area (Å²) in [7, 11) is 0. The predicted molar refractivity (Wildman–Crippen MR) is 94.2 cm³/mol. The molecule has 0 saturated heterocycles. The van der Waals surface area contributed by atoms with Crippen molar-refractivity contribution in [3.05, 3.63) is 79.0 Å². The van der Waals surface area contributed by atoms with Crippen molar-refractivity contribution in [3.8, 4) is 11.3 Å². The maximum atomic E-state index is 5.81. The van der Waals surface area contributed by atoms with Gasteiger partial charge in [-0.25, -0.2) is 0 Å². The second-order valence-electron chi connectivity index (χ2n) is 5.52. The average molecular weight is 300 g/mol. The third kappa shape index (κ3) is 2.33. The Balaban J connectivity index is 2.16. The molecule has 0 fully saturated rings. The second-order valence-corrected chi connectivity index (χ2v) is 5.52. The van der Waals surface area contributed by atoms with Gasteiger partial charge in [0.2, 0.25) is 6.20 Å². The fourth-order valence-corrected chi connectivity index (χ4v) is 3.16.